The summed E-state index contributed by atoms with van der Waals surface area (Å²) < 4.78 is 6.16. The molecule has 2 radical (unpaired) electrons. The summed E-state index contributed by atoms with van der Waals surface area (Å²) in [6.07, 6.45) is 3.54. The highest BCUT2D eigenvalue weighted by Crippen LogP contribution is 2.47. The van der Waals surface area contributed by atoms with Crippen molar-refractivity contribution < 1.29 is 4.42 Å². The maximum absolute atomic E-state index is 6.49. The van der Waals surface area contributed by atoms with E-state index in [4.69, 9.17) is 12.3 Å². The first-order valence-corrected chi connectivity index (χ1v) is 9.05. The van der Waals surface area contributed by atoms with Gasteiger partial charge in [0.15, 0.2) is 11.4 Å². The Kier molecular flexibility index (Phi) is 3.29. The summed E-state index contributed by atoms with van der Waals surface area (Å²) in [6.45, 7) is 6.13. The van der Waals surface area contributed by atoms with E-state index in [0.29, 0.717) is 5.71 Å². The average Bonchev–Trinajstić information content (AvgIpc) is 3.16. The van der Waals surface area contributed by atoms with Crippen molar-refractivity contribution in [1.82, 2.24) is 9.97 Å². The number of anilines is 3. The Morgan fingerprint density at radius 1 is 0.963 bits per heavy atom. The molecule has 4 heterocycles. The van der Waals surface area contributed by atoms with E-state index in [2.05, 4.69) is 51.0 Å². The number of nitrogens with zero attached hydrogens (tertiary/aromatic N) is 4. The van der Waals surface area contributed by atoms with Crippen LogP contribution in [0.25, 0.3) is 22.1 Å². The Balaban J connectivity index is 1.78. The van der Waals surface area contributed by atoms with Crippen LogP contribution in [0.2, 0.25) is 0 Å². The lowest BCUT2D eigenvalue weighted by atomic mass is 9.80. The molecule has 0 bridgehead atoms. The Morgan fingerprint density at radius 2 is 1.67 bits per heavy atom. The molecule has 0 fully saturated rings. The van der Waals surface area contributed by atoms with E-state index < -0.39 is 5.44 Å². The van der Waals surface area contributed by atoms with Crippen LogP contribution in [0.4, 0.5) is 17.2 Å². The van der Waals surface area contributed by atoms with E-state index in [-0.39, 0.29) is 6.17 Å². The number of hydrogen-bond donors (Lipinski definition) is 0. The van der Waals surface area contributed by atoms with E-state index in [1.807, 2.05) is 32.0 Å². The fourth-order valence-corrected chi connectivity index (χ4v) is 4.15. The van der Waals surface area contributed by atoms with Gasteiger partial charge in [0.05, 0.1) is 11.4 Å². The van der Waals surface area contributed by atoms with Crippen molar-refractivity contribution in [2.45, 2.75) is 32.4 Å². The van der Waals surface area contributed by atoms with Crippen LogP contribution < -0.4 is 9.80 Å². The summed E-state index contributed by atoms with van der Waals surface area (Å²) in [6, 6.07) is 14.2. The van der Waals surface area contributed by atoms with E-state index in [9.17, 15) is 0 Å². The first-order valence-electron chi connectivity index (χ1n) is 9.05. The van der Waals surface area contributed by atoms with Crippen LogP contribution in [0.15, 0.2) is 59.3 Å². The van der Waals surface area contributed by atoms with Gasteiger partial charge in [0.2, 0.25) is 5.71 Å². The number of furan rings is 1. The Bertz CT molecular complexity index is 1160. The molecule has 1 aliphatic rings. The highest BCUT2D eigenvalue weighted by molar-refractivity contribution is 6.17. The number of para-hydroxylation sites is 1. The molecular weight excluding hydrogens is 335 g/mol. The molecule has 3 aromatic heterocycles. The fraction of sp³-hybridized carbons (Fsp3) is 0.238. The normalized spacial score (nSPS) is 17.1. The van der Waals surface area contributed by atoms with Crippen LogP contribution in [0.1, 0.15) is 20.8 Å². The molecule has 1 aromatic carbocycles. The molecule has 0 saturated heterocycles. The summed E-state index contributed by atoms with van der Waals surface area (Å²) in [5.41, 5.74) is 2.92. The molecule has 5 nitrogen and oxygen atoms in total. The van der Waals surface area contributed by atoms with Crippen molar-refractivity contribution in [2.24, 2.45) is 0 Å². The van der Waals surface area contributed by atoms with Gasteiger partial charge in [0, 0.05) is 23.2 Å². The monoisotopic (exact) mass is 354 g/mol. The lowest BCUT2D eigenvalue weighted by molar-refractivity contribution is 0.555. The van der Waals surface area contributed by atoms with Gasteiger partial charge < -0.3 is 14.2 Å². The molecule has 1 unspecified atom stereocenters. The summed E-state index contributed by atoms with van der Waals surface area (Å²) in [7, 11) is 6.49. The SMILES string of the molecule is [B]C(C)(C)N1c2ncccc2N(c2cccc3c2oc2ncccc23)C1C. The Morgan fingerprint density at radius 3 is 2.48 bits per heavy atom. The fourth-order valence-electron chi connectivity index (χ4n) is 4.15. The summed E-state index contributed by atoms with van der Waals surface area (Å²) >= 11 is 0. The lowest BCUT2D eigenvalue weighted by Gasteiger charge is -2.39. The van der Waals surface area contributed by atoms with Gasteiger partial charge in [-0.1, -0.05) is 26.0 Å². The minimum atomic E-state index is -0.555. The zero-order valence-corrected chi connectivity index (χ0v) is 15.5. The second kappa shape index (κ2) is 5.49. The molecule has 0 aliphatic carbocycles. The smallest absolute Gasteiger partial charge is 0.227 e. The molecule has 5 rings (SSSR count). The maximum Gasteiger partial charge on any atom is 0.227 e. The van der Waals surface area contributed by atoms with Gasteiger partial charge in [-0.25, -0.2) is 9.97 Å². The Hall–Kier alpha value is -3.02. The molecule has 1 atom stereocenters. The molecule has 27 heavy (non-hydrogen) atoms. The van der Waals surface area contributed by atoms with E-state index in [1.165, 1.54) is 0 Å². The summed E-state index contributed by atoms with van der Waals surface area (Å²) in [4.78, 5) is 13.4. The van der Waals surface area contributed by atoms with Gasteiger partial charge in [-0.2, -0.15) is 0 Å². The third kappa shape index (κ3) is 2.26. The van der Waals surface area contributed by atoms with Crippen molar-refractivity contribution >= 4 is 47.1 Å². The van der Waals surface area contributed by atoms with Crippen molar-refractivity contribution in [1.29, 1.82) is 0 Å². The van der Waals surface area contributed by atoms with Gasteiger partial charge in [-0.05, 0) is 42.7 Å². The molecule has 6 heteroatoms. The van der Waals surface area contributed by atoms with Gasteiger partial charge >= 0.3 is 0 Å². The second-order valence-electron chi connectivity index (χ2n) is 7.48. The number of benzene rings is 1. The van der Waals surface area contributed by atoms with Crippen molar-refractivity contribution in [3.05, 3.63) is 54.9 Å². The number of rotatable bonds is 2. The zero-order valence-electron chi connectivity index (χ0n) is 15.5. The van der Waals surface area contributed by atoms with Crippen LogP contribution >= 0.6 is 0 Å². The highest BCUT2D eigenvalue weighted by atomic mass is 16.3. The molecule has 0 saturated carbocycles. The zero-order chi connectivity index (χ0) is 18.8. The minimum absolute atomic E-state index is 0.0123. The second-order valence-corrected chi connectivity index (χ2v) is 7.48. The van der Waals surface area contributed by atoms with Gasteiger partial charge in [0.1, 0.15) is 14.0 Å². The predicted octanol–water partition coefficient (Wildman–Crippen LogP) is 4.58. The largest absolute Gasteiger partial charge is 0.436 e. The van der Waals surface area contributed by atoms with E-state index in [0.717, 1.165) is 33.5 Å². The molecular formula is C21H19BN4O. The number of pyridine rings is 2. The summed E-state index contributed by atoms with van der Waals surface area (Å²) in [5.74, 6) is 0.878. The average molecular weight is 354 g/mol. The minimum Gasteiger partial charge on any atom is -0.436 e. The third-order valence-electron chi connectivity index (χ3n) is 5.14. The Labute approximate surface area is 159 Å². The highest BCUT2D eigenvalue weighted by Gasteiger charge is 2.41. The van der Waals surface area contributed by atoms with Crippen LogP contribution in [0, 0.1) is 0 Å². The predicted molar refractivity (Wildman–Crippen MR) is 110 cm³/mol. The van der Waals surface area contributed by atoms with Crippen LogP contribution in [0.5, 0.6) is 0 Å². The van der Waals surface area contributed by atoms with E-state index >= 15 is 0 Å². The number of hydrogen-bond acceptors (Lipinski definition) is 5. The van der Waals surface area contributed by atoms with Gasteiger partial charge in [0.25, 0.3) is 0 Å². The van der Waals surface area contributed by atoms with Gasteiger partial charge in [-0.3, -0.25) is 0 Å². The quantitative estimate of drug-likeness (QED) is 0.493. The molecule has 132 valence electrons. The van der Waals surface area contributed by atoms with Crippen LogP contribution in [-0.4, -0.2) is 29.4 Å². The topological polar surface area (TPSA) is 45.4 Å². The molecule has 0 spiro atoms. The lowest BCUT2D eigenvalue weighted by Crippen LogP contribution is -2.51. The molecule has 0 amide bonds. The summed E-state index contributed by atoms with van der Waals surface area (Å²) in [5, 5.41) is 2.07. The van der Waals surface area contributed by atoms with Gasteiger partial charge in [-0.15, -0.1) is 0 Å². The van der Waals surface area contributed by atoms with Crippen LogP contribution in [-0.2, 0) is 0 Å². The standard InChI is InChI=1S/C21H19BN4O/c1-13-25(17-10-6-11-23-19(17)26(13)21(2,3)22)16-9-4-7-14-15-8-5-12-24-20(15)27-18(14)16/h4-13H,1-3H3. The molecule has 0 N–H and O–H groups in total. The third-order valence-corrected chi connectivity index (χ3v) is 5.14. The number of aromatic nitrogens is 2. The maximum atomic E-state index is 6.49. The van der Waals surface area contributed by atoms with Crippen molar-refractivity contribution in [3.8, 4) is 0 Å². The molecule has 1 aliphatic heterocycles. The number of fused-ring (bicyclic) bond motifs is 4. The van der Waals surface area contributed by atoms with Crippen molar-refractivity contribution in [2.75, 3.05) is 9.80 Å². The first kappa shape index (κ1) is 16.2. The molecule has 4 aromatic rings. The first-order chi connectivity index (χ1) is 13.0. The van der Waals surface area contributed by atoms with Crippen molar-refractivity contribution in [3.63, 3.8) is 0 Å². The van der Waals surface area contributed by atoms with E-state index in [1.54, 1.807) is 12.4 Å². The van der Waals surface area contributed by atoms with Crippen LogP contribution in [0.3, 0.4) is 0 Å².